The Kier molecular flexibility index (Phi) is 5.13. The van der Waals surface area contributed by atoms with Gasteiger partial charge in [-0.25, -0.2) is 0 Å². The van der Waals surface area contributed by atoms with Gasteiger partial charge in [0, 0.05) is 5.56 Å². The molecule has 0 saturated carbocycles. The molecule has 0 amide bonds. The van der Waals surface area contributed by atoms with E-state index in [-0.39, 0.29) is 0 Å². The average molecular weight is 144 g/mol. The van der Waals surface area contributed by atoms with Crippen LogP contribution < -0.4 is 0 Å². The summed E-state index contributed by atoms with van der Waals surface area (Å²) in [6.07, 6.45) is 5.10. The second-order valence-corrected chi connectivity index (χ2v) is 1.60. The SMILES string of the molecule is C#Cc1ccccc1.[N-]=[N+]=[N-]. The molecule has 0 aliphatic carbocycles. The lowest BCUT2D eigenvalue weighted by molar-refractivity contribution is 1.65. The van der Waals surface area contributed by atoms with Crippen molar-refractivity contribution < 1.29 is 0 Å². The monoisotopic (exact) mass is 144 g/mol. The minimum Gasteiger partial charge on any atom is -0.373 e. The number of hydrogen-bond acceptors (Lipinski definition) is 0. The molecule has 0 bridgehead atoms. The van der Waals surface area contributed by atoms with Gasteiger partial charge in [-0.05, 0) is 12.1 Å². The van der Waals surface area contributed by atoms with Crippen molar-refractivity contribution in [2.24, 2.45) is 0 Å². The predicted octanol–water partition coefficient (Wildman–Crippen LogP) is 2.53. The number of hydrogen-bond donors (Lipinski definition) is 0. The van der Waals surface area contributed by atoms with Crippen LogP contribution in [-0.2, 0) is 0 Å². The molecule has 1 aromatic rings. The van der Waals surface area contributed by atoms with Gasteiger partial charge in [-0.1, -0.05) is 24.1 Å². The van der Waals surface area contributed by atoms with Crippen LogP contribution in [0.5, 0.6) is 0 Å². The van der Waals surface area contributed by atoms with E-state index in [4.69, 9.17) is 17.5 Å². The van der Waals surface area contributed by atoms with Crippen molar-refractivity contribution in [3.63, 3.8) is 0 Å². The van der Waals surface area contributed by atoms with E-state index in [1.165, 1.54) is 4.91 Å². The number of nitrogens with zero attached hydrogens (tertiary/aromatic N) is 3. The second-order valence-electron chi connectivity index (χ2n) is 1.60. The summed E-state index contributed by atoms with van der Waals surface area (Å²) >= 11 is 0. The summed E-state index contributed by atoms with van der Waals surface area (Å²) in [6, 6.07) is 9.60. The van der Waals surface area contributed by atoms with Crippen molar-refractivity contribution in [2.45, 2.75) is 0 Å². The van der Waals surface area contributed by atoms with Crippen LogP contribution in [0.2, 0.25) is 0 Å². The molecule has 11 heavy (non-hydrogen) atoms. The first-order valence-corrected chi connectivity index (χ1v) is 2.85. The van der Waals surface area contributed by atoms with Crippen molar-refractivity contribution in [1.29, 1.82) is 0 Å². The first kappa shape index (κ1) is 9.09. The zero-order chi connectivity index (χ0) is 8.53. The molecule has 54 valence electrons. The molecule has 3 heteroatoms. The third-order valence-corrected chi connectivity index (χ3v) is 0.940. The number of terminal acetylenes is 1. The van der Waals surface area contributed by atoms with Crippen molar-refractivity contribution in [3.8, 4) is 12.3 Å². The summed E-state index contributed by atoms with van der Waals surface area (Å²) in [7, 11) is 0. The summed E-state index contributed by atoms with van der Waals surface area (Å²) in [4.78, 5) is 1.50. The Hall–Kier alpha value is -1.91. The van der Waals surface area contributed by atoms with Crippen molar-refractivity contribution >= 4 is 0 Å². The Morgan fingerprint density at radius 2 is 1.64 bits per heavy atom. The van der Waals surface area contributed by atoms with Crippen LogP contribution >= 0.6 is 0 Å². The van der Waals surface area contributed by atoms with E-state index in [2.05, 4.69) is 5.92 Å². The molecule has 0 atom stereocenters. The number of benzene rings is 1. The Bertz CT molecular complexity index is 265. The standard InChI is InChI=1S/C8H6.N3/c1-2-8-6-4-3-5-7-8;1-3-2/h1,3-7H;/q;-1. The van der Waals surface area contributed by atoms with Gasteiger partial charge in [0.1, 0.15) is 0 Å². The van der Waals surface area contributed by atoms with Gasteiger partial charge in [0.05, 0.1) is 0 Å². The largest absolute Gasteiger partial charge is 0.373 e. The van der Waals surface area contributed by atoms with Crippen LogP contribution in [-0.4, -0.2) is 0 Å². The third kappa shape index (κ3) is 4.58. The highest BCUT2D eigenvalue weighted by atomic mass is 15.0. The molecule has 0 unspecified atom stereocenters. The number of rotatable bonds is 0. The minimum absolute atomic E-state index is 0.938. The molecule has 0 spiro atoms. The Balaban J connectivity index is 0.000000292. The molecule has 0 aliphatic rings. The zero-order valence-electron chi connectivity index (χ0n) is 5.81. The van der Waals surface area contributed by atoms with Crippen molar-refractivity contribution in [2.75, 3.05) is 0 Å². The third-order valence-electron chi connectivity index (χ3n) is 0.940. The molecule has 0 fully saturated rings. The molecule has 0 aliphatic heterocycles. The Morgan fingerprint density at radius 3 is 1.91 bits per heavy atom. The van der Waals surface area contributed by atoms with Crippen LogP contribution in [0.4, 0.5) is 0 Å². The van der Waals surface area contributed by atoms with E-state index in [1.807, 2.05) is 30.3 Å². The predicted molar refractivity (Wildman–Crippen MR) is 44.5 cm³/mol. The molecule has 0 N–H and O–H groups in total. The maximum atomic E-state index is 6.75. The van der Waals surface area contributed by atoms with Gasteiger partial charge in [0.15, 0.2) is 0 Å². The first-order chi connectivity index (χ1) is 5.35. The van der Waals surface area contributed by atoms with Gasteiger partial charge < -0.3 is 11.1 Å². The fourth-order valence-corrected chi connectivity index (χ4v) is 0.534. The lowest BCUT2D eigenvalue weighted by Gasteiger charge is -1.82. The highest BCUT2D eigenvalue weighted by molar-refractivity contribution is 5.30. The van der Waals surface area contributed by atoms with Crippen LogP contribution in [0.3, 0.4) is 0 Å². The molecular weight excluding hydrogens is 138 g/mol. The molecular formula is C8H6N3-. The van der Waals surface area contributed by atoms with E-state index in [0.29, 0.717) is 0 Å². The highest BCUT2D eigenvalue weighted by Gasteiger charge is 1.76. The highest BCUT2D eigenvalue weighted by Crippen LogP contribution is 1.92. The van der Waals surface area contributed by atoms with Gasteiger partial charge >= 0.3 is 0 Å². The van der Waals surface area contributed by atoms with Gasteiger partial charge in [0.2, 0.25) is 0 Å². The van der Waals surface area contributed by atoms with Gasteiger partial charge in [-0.15, -0.1) is 6.42 Å². The van der Waals surface area contributed by atoms with E-state index in [9.17, 15) is 0 Å². The van der Waals surface area contributed by atoms with E-state index in [0.717, 1.165) is 5.56 Å². The summed E-state index contributed by atoms with van der Waals surface area (Å²) in [5, 5.41) is 0. The summed E-state index contributed by atoms with van der Waals surface area (Å²) in [6.45, 7) is 0. The maximum absolute atomic E-state index is 6.75. The summed E-state index contributed by atoms with van der Waals surface area (Å²) in [5.41, 5.74) is 14.4. The quantitative estimate of drug-likeness (QED) is 0.232. The lowest BCUT2D eigenvalue weighted by atomic mass is 10.2. The fraction of sp³-hybridized carbons (Fsp3) is 0. The van der Waals surface area contributed by atoms with Crippen LogP contribution in [0.25, 0.3) is 16.0 Å². The topological polar surface area (TPSA) is 58.7 Å². The maximum Gasteiger partial charge on any atom is 0.0242 e. The molecule has 1 rings (SSSR count). The van der Waals surface area contributed by atoms with Crippen LogP contribution in [0.1, 0.15) is 5.56 Å². The average Bonchev–Trinajstić information content (AvgIpc) is 2.08. The fourth-order valence-electron chi connectivity index (χ4n) is 0.534. The normalized spacial score (nSPS) is 6.45. The van der Waals surface area contributed by atoms with E-state index in [1.54, 1.807) is 0 Å². The molecule has 0 heterocycles. The molecule has 0 radical (unpaired) electrons. The van der Waals surface area contributed by atoms with E-state index >= 15 is 0 Å². The van der Waals surface area contributed by atoms with Gasteiger partial charge in [0.25, 0.3) is 0 Å². The molecule has 1 aromatic carbocycles. The lowest BCUT2D eigenvalue weighted by Crippen LogP contribution is -1.66. The second kappa shape index (κ2) is 6.21. The van der Waals surface area contributed by atoms with E-state index < -0.39 is 0 Å². The van der Waals surface area contributed by atoms with Gasteiger partial charge in [-0.2, -0.15) is 0 Å². The van der Waals surface area contributed by atoms with Crippen molar-refractivity contribution in [3.05, 3.63) is 51.9 Å². The van der Waals surface area contributed by atoms with Crippen LogP contribution in [0, 0.1) is 12.3 Å². The Labute approximate surface area is 65.1 Å². The van der Waals surface area contributed by atoms with Crippen LogP contribution in [0.15, 0.2) is 30.3 Å². The molecule has 0 aromatic heterocycles. The molecule has 3 nitrogen and oxygen atoms in total. The summed E-state index contributed by atoms with van der Waals surface area (Å²) < 4.78 is 0. The minimum atomic E-state index is 0.938. The van der Waals surface area contributed by atoms with Gasteiger partial charge in [-0.3, -0.25) is 4.91 Å². The zero-order valence-corrected chi connectivity index (χ0v) is 5.81. The smallest absolute Gasteiger partial charge is 0.0242 e. The van der Waals surface area contributed by atoms with Crippen molar-refractivity contribution in [1.82, 2.24) is 0 Å². The first-order valence-electron chi connectivity index (χ1n) is 2.85. The Morgan fingerprint density at radius 1 is 1.18 bits per heavy atom. The summed E-state index contributed by atoms with van der Waals surface area (Å²) in [5.74, 6) is 2.53. The molecule has 0 saturated heterocycles.